The maximum atomic E-state index is 12.7. The zero-order valence-electron chi connectivity index (χ0n) is 14.1. The fourth-order valence-electron chi connectivity index (χ4n) is 3.66. The molecule has 1 aromatic heterocycles. The Morgan fingerprint density at radius 3 is 2.84 bits per heavy atom. The van der Waals surface area contributed by atoms with Crippen LogP contribution in [0.25, 0.3) is 0 Å². The minimum Gasteiger partial charge on any atom is -0.380 e. The Morgan fingerprint density at radius 1 is 1.32 bits per heavy atom. The molecule has 2 aromatic rings. The zero-order chi connectivity index (χ0) is 17.5. The molecular weight excluding hydrogens is 340 g/mol. The Kier molecular flexibility index (Phi) is 4.05. The highest BCUT2D eigenvalue weighted by molar-refractivity contribution is 7.89. The molecule has 0 radical (unpaired) electrons. The molecule has 8 heteroatoms. The molecule has 4 rings (SSSR count). The van der Waals surface area contributed by atoms with Crippen LogP contribution in [-0.2, 0) is 21.8 Å². The summed E-state index contributed by atoms with van der Waals surface area (Å²) >= 11 is 0. The van der Waals surface area contributed by atoms with Crippen LogP contribution in [0.2, 0.25) is 0 Å². The Labute approximate surface area is 147 Å². The molecule has 0 amide bonds. The SMILES string of the molecule is Cn1cnc(S(=O)(=O)N2CC[C@]3(C[C@H](Nc4ccccc4)CO3)C2)c1. The van der Waals surface area contributed by atoms with Gasteiger partial charge in [-0.15, -0.1) is 0 Å². The van der Waals surface area contributed by atoms with E-state index >= 15 is 0 Å². The van der Waals surface area contributed by atoms with Gasteiger partial charge in [0, 0.05) is 38.4 Å². The molecule has 3 heterocycles. The predicted octanol–water partition coefficient (Wildman–Crippen LogP) is 1.45. The van der Waals surface area contributed by atoms with Gasteiger partial charge in [-0.05, 0) is 18.6 Å². The van der Waals surface area contributed by atoms with Crippen molar-refractivity contribution in [1.29, 1.82) is 0 Å². The monoisotopic (exact) mass is 362 g/mol. The van der Waals surface area contributed by atoms with Crippen LogP contribution in [0, 0.1) is 0 Å². The summed E-state index contributed by atoms with van der Waals surface area (Å²) in [6.45, 7) is 1.45. The van der Waals surface area contributed by atoms with E-state index in [1.54, 1.807) is 11.6 Å². The summed E-state index contributed by atoms with van der Waals surface area (Å²) in [5.41, 5.74) is 0.665. The Morgan fingerprint density at radius 2 is 2.12 bits per heavy atom. The molecule has 2 aliphatic rings. The van der Waals surface area contributed by atoms with Crippen molar-refractivity contribution in [2.24, 2.45) is 7.05 Å². The van der Waals surface area contributed by atoms with Gasteiger partial charge in [0.1, 0.15) is 0 Å². The van der Waals surface area contributed by atoms with Gasteiger partial charge in [0.25, 0.3) is 10.0 Å². The molecule has 2 fully saturated rings. The molecule has 2 atom stereocenters. The van der Waals surface area contributed by atoms with Crippen LogP contribution in [0.3, 0.4) is 0 Å². The molecule has 0 unspecified atom stereocenters. The first kappa shape index (κ1) is 16.6. The third-order valence-corrected chi connectivity index (χ3v) is 6.65. The summed E-state index contributed by atoms with van der Waals surface area (Å²) in [5, 5.41) is 3.57. The predicted molar refractivity (Wildman–Crippen MR) is 93.7 cm³/mol. The number of nitrogens with zero attached hydrogens (tertiary/aromatic N) is 3. The van der Waals surface area contributed by atoms with Gasteiger partial charge < -0.3 is 14.6 Å². The number of hydrogen-bond acceptors (Lipinski definition) is 5. The lowest BCUT2D eigenvalue weighted by Crippen LogP contribution is -2.36. The summed E-state index contributed by atoms with van der Waals surface area (Å²) < 4.78 is 34.7. The van der Waals surface area contributed by atoms with Gasteiger partial charge in [-0.2, -0.15) is 4.31 Å². The van der Waals surface area contributed by atoms with E-state index in [0.717, 1.165) is 12.1 Å². The topological polar surface area (TPSA) is 76.5 Å². The molecule has 1 spiro atoms. The fourth-order valence-corrected chi connectivity index (χ4v) is 5.14. The smallest absolute Gasteiger partial charge is 0.262 e. The summed E-state index contributed by atoms with van der Waals surface area (Å²) in [7, 11) is -1.80. The molecule has 0 bridgehead atoms. The van der Waals surface area contributed by atoms with Crippen molar-refractivity contribution in [3.05, 3.63) is 42.9 Å². The number of anilines is 1. The number of benzene rings is 1. The maximum absolute atomic E-state index is 12.7. The lowest BCUT2D eigenvalue weighted by Gasteiger charge is -2.23. The normalized spacial score (nSPS) is 27.2. The third kappa shape index (κ3) is 3.17. The molecule has 2 saturated heterocycles. The highest BCUT2D eigenvalue weighted by atomic mass is 32.2. The van der Waals surface area contributed by atoms with Gasteiger partial charge in [0.05, 0.1) is 24.6 Å². The minimum atomic E-state index is -3.56. The van der Waals surface area contributed by atoms with Gasteiger partial charge >= 0.3 is 0 Å². The first-order valence-electron chi connectivity index (χ1n) is 8.41. The van der Waals surface area contributed by atoms with Gasteiger partial charge in [-0.25, -0.2) is 13.4 Å². The highest BCUT2D eigenvalue weighted by Crippen LogP contribution is 2.38. The average molecular weight is 362 g/mol. The Bertz CT molecular complexity index is 852. The molecule has 1 N–H and O–H groups in total. The van der Waals surface area contributed by atoms with Crippen molar-refractivity contribution in [1.82, 2.24) is 13.9 Å². The standard InChI is InChI=1S/C17H22N4O3S/c1-20-10-16(18-13-20)25(22,23)21-8-7-17(12-21)9-15(11-24-17)19-14-5-3-2-4-6-14/h2-6,10,13,15,19H,7-9,11-12H2,1H3/t15-,17-/m0/s1. The van der Waals surface area contributed by atoms with Gasteiger partial charge in [0.2, 0.25) is 0 Å². The van der Waals surface area contributed by atoms with E-state index in [-0.39, 0.29) is 11.1 Å². The zero-order valence-corrected chi connectivity index (χ0v) is 14.9. The number of nitrogens with one attached hydrogen (secondary N) is 1. The lowest BCUT2D eigenvalue weighted by molar-refractivity contribution is 0.0173. The first-order valence-corrected chi connectivity index (χ1v) is 9.85. The first-order chi connectivity index (χ1) is 12.0. The van der Waals surface area contributed by atoms with E-state index in [1.165, 1.54) is 16.8 Å². The van der Waals surface area contributed by atoms with Crippen molar-refractivity contribution in [3.8, 4) is 0 Å². The molecule has 134 valence electrons. The van der Waals surface area contributed by atoms with Crippen LogP contribution in [0.15, 0.2) is 47.9 Å². The molecule has 0 aliphatic carbocycles. The molecular formula is C17H22N4O3S. The number of aryl methyl sites for hydroxylation is 1. The van der Waals surface area contributed by atoms with Crippen molar-refractivity contribution >= 4 is 15.7 Å². The molecule has 1 aromatic carbocycles. The second-order valence-electron chi connectivity index (χ2n) is 6.87. The van der Waals surface area contributed by atoms with Crippen LogP contribution in [-0.4, -0.2) is 53.6 Å². The van der Waals surface area contributed by atoms with E-state index in [2.05, 4.69) is 10.3 Å². The number of rotatable bonds is 4. The lowest BCUT2D eigenvalue weighted by atomic mass is 9.97. The fraction of sp³-hybridized carbons (Fsp3) is 0.471. The second kappa shape index (κ2) is 6.12. The van der Waals surface area contributed by atoms with Crippen molar-refractivity contribution in [2.75, 3.05) is 25.0 Å². The minimum absolute atomic E-state index is 0.101. The van der Waals surface area contributed by atoms with Crippen LogP contribution in [0.1, 0.15) is 12.8 Å². The number of aromatic nitrogens is 2. The van der Waals surface area contributed by atoms with E-state index in [1.807, 2.05) is 30.3 Å². The summed E-state index contributed by atoms with van der Waals surface area (Å²) in [6.07, 6.45) is 4.56. The summed E-state index contributed by atoms with van der Waals surface area (Å²) in [5.74, 6) is 0. The second-order valence-corrected chi connectivity index (χ2v) is 8.76. The number of imidazole rings is 1. The number of ether oxygens (including phenoxy) is 1. The van der Waals surface area contributed by atoms with Crippen molar-refractivity contribution in [3.63, 3.8) is 0 Å². The number of hydrogen-bond donors (Lipinski definition) is 1. The maximum Gasteiger partial charge on any atom is 0.262 e. The van der Waals surface area contributed by atoms with Gasteiger partial charge in [-0.3, -0.25) is 0 Å². The van der Waals surface area contributed by atoms with Crippen molar-refractivity contribution in [2.45, 2.75) is 29.5 Å². The highest BCUT2D eigenvalue weighted by Gasteiger charge is 2.49. The summed E-state index contributed by atoms with van der Waals surface area (Å²) in [4.78, 5) is 4.00. The quantitative estimate of drug-likeness (QED) is 0.891. The van der Waals surface area contributed by atoms with Gasteiger partial charge in [0.15, 0.2) is 5.03 Å². The molecule has 2 aliphatic heterocycles. The average Bonchev–Trinajstić information content (AvgIpc) is 3.31. The van der Waals surface area contributed by atoms with Crippen LogP contribution < -0.4 is 5.32 Å². The summed E-state index contributed by atoms with van der Waals surface area (Å²) in [6, 6.07) is 10.2. The molecule has 7 nitrogen and oxygen atoms in total. The Hall–Kier alpha value is -1.90. The van der Waals surface area contributed by atoms with E-state index < -0.39 is 15.6 Å². The van der Waals surface area contributed by atoms with E-state index in [4.69, 9.17) is 4.74 Å². The van der Waals surface area contributed by atoms with Crippen LogP contribution in [0.4, 0.5) is 5.69 Å². The third-order valence-electron chi connectivity index (χ3n) is 4.92. The number of sulfonamides is 1. The van der Waals surface area contributed by atoms with E-state index in [0.29, 0.717) is 26.1 Å². The largest absolute Gasteiger partial charge is 0.380 e. The van der Waals surface area contributed by atoms with Crippen LogP contribution >= 0.6 is 0 Å². The molecule has 0 saturated carbocycles. The molecule has 25 heavy (non-hydrogen) atoms. The Balaban J connectivity index is 1.44. The van der Waals surface area contributed by atoms with Crippen molar-refractivity contribution < 1.29 is 13.2 Å². The number of para-hydroxylation sites is 1. The van der Waals surface area contributed by atoms with Crippen LogP contribution in [0.5, 0.6) is 0 Å². The van der Waals surface area contributed by atoms with E-state index in [9.17, 15) is 8.42 Å². The van der Waals surface area contributed by atoms with Gasteiger partial charge in [-0.1, -0.05) is 18.2 Å².